The number of carbonyl (C=O) groups excluding carboxylic acids is 1. The SMILES string of the molecule is COCCCCCCCc1ccc(C/C=C\Cc2ccc(C(=O)Oc3cc(F)c(OC(F)(F)C(F)F)c(F)c3)c(F)c2)cc1. The van der Waals surface area contributed by atoms with Gasteiger partial charge in [-0.2, -0.15) is 17.6 Å². The summed E-state index contributed by atoms with van der Waals surface area (Å²) >= 11 is 0. The van der Waals surface area contributed by atoms with E-state index in [4.69, 9.17) is 9.47 Å². The van der Waals surface area contributed by atoms with E-state index in [0.717, 1.165) is 43.6 Å². The molecule has 0 aromatic heterocycles. The summed E-state index contributed by atoms with van der Waals surface area (Å²) in [6.45, 7) is 0.812. The second kappa shape index (κ2) is 16.8. The van der Waals surface area contributed by atoms with Crippen LogP contribution in [0, 0.1) is 17.5 Å². The van der Waals surface area contributed by atoms with Gasteiger partial charge in [0.25, 0.3) is 0 Å². The number of esters is 1. The summed E-state index contributed by atoms with van der Waals surface area (Å²) in [5, 5.41) is 0. The van der Waals surface area contributed by atoms with Crippen molar-refractivity contribution in [3.05, 3.63) is 106 Å². The van der Waals surface area contributed by atoms with E-state index >= 15 is 0 Å². The molecule has 3 rings (SSSR count). The van der Waals surface area contributed by atoms with Gasteiger partial charge in [-0.25, -0.2) is 18.0 Å². The van der Waals surface area contributed by atoms with Gasteiger partial charge in [-0.1, -0.05) is 61.7 Å². The van der Waals surface area contributed by atoms with Gasteiger partial charge in [0.1, 0.15) is 11.6 Å². The summed E-state index contributed by atoms with van der Waals surface area (Å²) in [7, 11) is 1.72. The minimum atomic E-state index is -5.16. The van der Waals surface area contributed by atoms with Crippen LogP contribution in [0.15, 0.2) is 66.7 Å². The van der Waals surface area contributed by atoms with Crippen LogP contribution in [0.25, 0.3) is 0 Å². The number of methoxy groups -OCH3 is 1. The lowest BCUT2D eigenvalue weighted by atomic mass is 10.0. The monoisotopic (exact) mass is 626 g/mol. The van der Waals surface area contributed by atoms with Gasteiger partial charge in [0.05, 0.1) is 5.56 Å². The molecule has 3 aromatic carbocycles. The van der Waals surface area contributed by atoms with Gasteiger partial charge in [0.2, 0.25) is 0 Å². The standard InChI is InChI=1S/C33H33F7O4/c1-42-18-8-4-2-3-5-9-22-12-14-23(15-13-22)10-6-7-11-24-16-17-26(27(34)19-24)31(41)43-25-20-28(35)30(29(36)21-25)44-33(39,40)32(37)38/h6-7,12-17,19-21,32H,2-5,8-11,18H2,1H3/b7-6-. The lowest BCUT2D eigenvalue weighted by Crippen LogP contribution is -2.34. The zero-order chi connectivity index (χ0) is 32.1. The quantitative estimate of drug-likeness (QED) is 0.0493. The molecular formula is C33H33F7O4. The molecule has 0 amide bonds. The average molecular weight is 627 g/mol. The highest BCUT2D eigenvalue weighted by Crippen LogP contribution is 2.34. The maximum absolute atomic E-state index is 14.6. The molecule has 0 radical (unpaired) electrons. The van der Waals surface area contributed by atoms with Crippen LogP contribution in [0.2, 0.25) is 0 Å². The number of allylic oxidation sites excluding steroid dienone is 2. The molecular weight excluding hydrogens is 593 g/mol. The molecule has 0 spiro atoms. The fraction of sp³-hybridized carbons (Fsp3) is 0.364. The molecule has 0 fully saturated rings. The number of benzene rings is 3. The largest absolute Gasteiger partial charge is 0.461 e. The number of aryl methyl sites for hydroxylation is 1. The third-order valence-corrected chi connectivity index (χ3v) is 6.64. The maximum Gasteiger partial charge on any atom is 0.461 e. The molecule has 0 aliphatic carbocycles. The predicted molar refractivity (Wildman–Crippen MR) is 151 cm³/mol. The van der Waals surface area contributed by atoms with Crippen molar-refractivity contribution < 1.29 is 49.7 Å². The Balaban J connectivity index is 1.48. The topological polar surface area (TPSA) is 44.8 Å². The van der Waals surface area contributed by atoms with Gasteiger partial charge >= 0.3 is 18.5 Å². The number of alkyl halides is 4. The highest BCUT2D eigenvalue weighted by atomic mass is 19.3. The molecule has 0 heterocycles. The molecule has 3 aromatic rings. The van der Waals surface area contributed by atoms with Crippen LogP contribution in [0.1, 0.15) is 59.2 Å². The van der Waals surface area contributed by atoms with Crippen molar-refractivity contribution in [2.24, 2.45) is 0 Å². The fourth-order valence-corrected chi connectivity index (χ4v) is 4.27. The van der Waals surface area contributed by atoms with Crippen molar-refractivity contribution in [3.63, 3.8) is 0 Å². The predicted octanol–water partition coefficient (Wildman–Crippen LogP) is 9.04. The number of carbonyl (C=O) groups is 1. The Morgan fingerprint density at radius 1 is 0.773 bits per heavy atom. The Bertz CT molecular complexity index is 1370. The summed E-state index contributed by atoms with van der Waals surface area (Å²) in [4.78, 5) is 12.4. The first-order chi connectivity index (χ1) is 21.0. The van der Waals surface area contributed by atoms with E-state index in [1.54, 1.807) is 7.11 Å². The van der Waals surface area contributed by atoms with E-state index in [2.05, 4.69) is 29.0 Å². The summed E-state index contributed by atoms with van der Waals surface area (Å²) in [6.07, 6.45) is 2.22. The number of halogens is 7. The second-order valence-electron chi connectivity index (χ2n) is 10.1. The lowest BCUT2D eigenvalue weighted by molar-refractivity contribution is -0.255. The summed E-state index contributed by atoms with van der Waals surface area (Å²) < 4.78 is 107. The molecule has 4 nitrogen and oxygen atoms in total. The van der Waals surface area contributed by atoms with Crippen molar-refractivity contribution >= 4 is 5.97 Å². The molecule has 0 saturated heterocycles. The fourth-order valence-electron chi connectivity index (χ4n) is 4.27. The second-order valence-corrected chi connectivity index (χ2v) is 10.1. The van der Waals surface area contributed by atoms with Crippen LogP contribution < -0.4 is 9.47 Å². The van der Waals surface area contributed by atoms with Crippen molar-refractivity contribution in [1.29, 1.82) is 0 Å². The third kappa shape index (κ3) is 10.7. The van der Waals surface area contributed by atoms with Crippen molar-refractivity contribution in [1.82, 2.24) is 0 Å². The van der Waals surface area contributed by atoms with E-state index in [1.807, 2.05) is 12.2 Å². The van der Waals surface area contributed by atoms with E-state index in [-0.39, 0.29) is 12.1 Å². The molecule has 11 heteroatoms. The normalized spacial score (nSPS) is 11.8. The number of rotatable bonds is 17. The first-order valence-corrected chi connectivity index (χ1v) is 14.1. The van der Waals surface area contributed by atoms with Crippen LogP contribution in [-0.2, 0) is 24.0 Å². The maximum atomic E-state index is 14.6. The van der Waals surface area contributed by atoms with Gasteiger partial charge in [-0.3, -0.25) is 0 Å². The third-order valence-electron chi connectivity index (χ3n) is 6.64. The highest BCUT2D eigenvalue weighted by molar-refractivity contribution is 5.91. The molecule has 0 atom stereocenters. The molecule has 0 saturated carbocycles. The molecule has 0 N–H and O–H groups in total. The molecule has 238 valence electrons. The van der Waals surface area contributed by atoms with Crippen molar-refractivity contribution in [3.8, 4) is 11.5 Å². The molecule has 0 aliphatic heterocycles. The van der Waals surface area contributed by atoms with Crippen LogP contribution in [0.5, 0.6) is 11.5 Å². The summed E-state index contributed by atoms with van der Waals surface area (Å²) in [5.41, 5.74) is 2.42. The zero-order valence-electron chi connectivity index (χ0n) is 24.1. The first kappa shape index (κ1) is 34.6. The summed E-state index contributed by atoms with van der Waals surface area (Å²) in [6, 6.07) is 12.7. The van der Waals surface area contributed by atoms with Crippen molar-refractivity contribution in [2.75, 3.05) is 13.7 Å². The van der Waals surface area contributed by atoms with Crippen LogP contribution >= 0.6 is 0 Å². The van der Waals surface area contributed by atoms with Crippen LogP contribution in [0.3, 0.4) is 0 Å². The minimum Gasteiger partial charge on any atom is -0.423 e. The average Bonchev–Trinajstić information content (AvgIpc) is 2.97. The Kier molecular flexibility index (Phi) is 13.3. The smallest absolute Gasteiger partial charge is 0.423 e. The minimum absolute atomic E-state index is 0.273. The van der Waals surface area contributed by atoms with E-state index in [9.17, 15) is 35.5 Å². The van der Waals surface area contributed by atoms with Gasteiger partial charge in [0, 0.05) is 25.8 Å². The molecule has 0 bridgehead atoms. The van der Waals surface area contributed by atoms with E-state index in [1.165, 1.54) is 30.9 Å². The van der Waals surface area contributed by atoms with Gasteiger partial charge < -0.3 is 14.2 Å². The van der Waals surface area contributed by atoms with E-state index in [0.29, 0.717) is 18.4 Å². The Morgan fingerprint density at radius 3 is 1.95 bits per heavy atom. The molecule has 44 heavy (non-hydrogen) atoms. The van der Waals surface area contributed by atoms with Crippen molar-refractivity contribution in [2.45, 2.75) is 63.9 Å². The zero-order valence-corrected chi connectivity index (χ0v) is 24.1. The van der Waals surface area contributed by atoms with Gasteiger partial charge in [-0.15, -0.1) is 0 Å². The highest BCUT2D eigenvalue weighted by Gasteiger charge is 2.45. The van der Waals surface area contributed by atoms with E-state index < -0.39 is 53.0 Å². The number of ether oxygens (including phenoxy) is 3. The Hall–Kier alpha value is -3.86. The Labute approximate surface area is 251 Å². The Morgan fingerprint density at radius 2 is 1.34 bits per heavy atom. The summed E-state index contributed by atoms with van der Waals surface area (Å²) in [5.74, 6) is -8.53. The molecule has 0 unspecified atom stereocenters. The van der Waals surface area contributed by atoms with Gasteiger partial charge in [0.15, 0.2) is 17.4 Å². The number of hydrogen-bond donors (Lipinski definition) is 0. The lowest BCUT2D eigenvalue weighted by Gasteiger charge is -2.18. The molecule has 0 aliphatic rings. The first-order valence-electron chi connectivity index (χ1n) is 14.1. The van der Waals surface area contributed by atoms with Crippen LogP contribution in [0.4, 0.5) is 30.7 Å². The number of hydrogen-bond acceptors (Lipinski definition) is 4. The van der Waals surface area contributed by atoms with Crippen LogP contribution in [-0.4, -0.2) is 32.2 Å². The van der Waals surface area contributed by atoms with Gasteiger partial charge in [-0.05, 0) is 60.9 Å². The number of unbranched alkanes of at least 4 members (excludes halogenated alkanes) is 4.